The Morgan fingerprint density at radius 1 is 0.967 bits per heavy atom. The second kappa shape index (κ2) is 9.49. The first kappa shape index (κ1) is 22.1. The van der Waals surface area contributed by atoms with E-state index in [1.54, 1.807) is 60.5 Å². The average Bonchev–Trinajstić information content (AvgIpc) is 2.78. The van der Waals surface area contributed by atoms with Gasteiger partial charge in [-0.25, -0.2) is 8.42 Å². The minimum absolute atomic E-state index is 0.124. The summed E-state index contributed by atoms with van der Waals surface area (Å²) in [4.78, 5) is 14.9. The zero-order valence-corrected chi connectivity index (χ0v) is 18.4. The fourth-order valence-electron chi connectivity index (χ4n) is 3.34. The van der Waals surface area contributed by atoms with Gasteiger partial charge >= 0.3 is 0 Å². The highest BCUT2D eigenvalue weighted by Crippen LogP contribution is 2.21. The monoisotopic (exact) mass is 432 g/mol. The van der Waals surface area contributed by atoms with Gasteiger partial charge in [0, 0.05) is 26.2 Å². The first-order valence-corrected chi connectivity index (χ1v) is 11.5. The topological polar surface area (TPSA) is 76.2 Å². The molecule has 1 heterocycles. The SMILES string of the molecule is CC[C@@H](Oc1ccc(OC)cc1)C(=O)N1CCN(S(=O)(=O)c2ccc(C)cc2)CC1. The quantitative estimate of drug-likeness (QED) is 0.672. The van der Waals surface area contributed by atoms with Crippen LogP contribution in [0.4, 0.5) is 0 Å². The highest BCUT2D eigenvalue weighted by atomic mass is 32.2. The summed E-state index contributed by atoms with van der Waals surface area (Å²) in [6, 6.07) is 13.9. The Kier molecular flexibility index (Phi) is 6.99. The van der Waals surface area contributed by atoms with Crippen molar-refractivity contribution >= 4 is 15.9 Å². The number of amides is 1. The van der Waals surface area contributed by atoms with Crippen molar-refractivity contribution in [3.05, 3.63) is 54.1 Å². The number of piperazine rings is 1. The second-order valence-electron chi connectivity index (χ2n) is 7.23. The molecule has 30 heavy (non-hydrogen) atoms. The predicted octanol–water partition coefficient (Wildman–Crippen LogP) is 2.69. The van der Waals surface area contributed by atoms with Crippen LogP contribution in [0.15, 0.2) is 53.4 Å². The van der Waals surface area contributed by atoms with Gasteiger partial charge in [-0.1, -0.05) is 24.6 Å². The molecule has 2 aromatic rings. The Morgan fingerprint density at radius 2 is 1.53 bits per heavy atom. The molecule has 162 valence electrons. The first-order valence-electron chi connectivity index (χ1n) is 10.0. The van der Waals surface area contributed by atoms with Gasteiger partial charge in [-0.2, -0.15) is 4.31 Å². The molecule has 0 spiro atoms. The van der Waals surface area contributed by atoms with Gasteiger partial charge in [0.15, 0.2) is 6.10 Å². The third-order valence-corrected chi connectivity index (χ3v) is 7.11. The predicted molar refractivity (Wildman–Crippen MR) is 114 cm³/mol. The molecule has 1 atom stereocenters. The van der Waals surface area contributed by atoms with E-state index in [9.17, 15) is 13.2 Å². The van der Waals surface area contributed by atoms with E-state index in [0.29, 0.717) is 31.0 Å². The lowest BCUT2D eigenvalue weighted by atomic mass is 10.2. The smallest absolute Gasteiger partial charge is 0.263 e. The number of benzene rings is 2. The molecule has 0 radical (unpaired) electrons. The number of ether oxygens (including phenoxy) is 2. The molecular weight excluding hydrogens is 404 g/mol. The van der Waals surface area contributed by atoms with Crippen LogP contribution in [0.5, 0.6) is 11.5 Å². The number of carbonyl (C=O) groups is 1. The van der Waals surface area contributed by atoms with Crippen LogP contribution in [0.2, 0.25) is 0 Å². The Balaban J connectivity index is 1.61. The molecule has 2 aromatic carbocycles. The Bertz CT molecular complexity index is 950. The number of aryl methyl sites for hydroxylation is 1. The summed E-state index contributed by atoms with van der Waals surface area (Å²) in [5, 5.41) is 0. The number of carbonyl (C=O) groups excluding carboxylic acids is 1. The zero-order chi connectivity index (χ0) is 21.7. The van der Waals surface area contributed by atoms with Crippen LogP contribution in [-0.2, 0) is 14.8 Å². The highest BCUT2D eigenvalue weighted by Gasteiger charge is 2.32. The Labute approximate surface area is 178 Å². The van der Waals surface area contributed by atoms with Crippen molar-refractivity contribution in [2.45, 2.75) is 31.3 Å². The zero-order valence-electron chi connectivity index (χ0n) is 17.6. The summed E-state index contributed by atoms with van der Waals surface area (Å²) in [6.07, 6.45) is -0.0918. The van der Waals surface area contributed by atoms with Crippen LogP contribution in [0.1, 0.15) is 18.9 Å². The molecule has 1 amide bonds. The van der Waals surface area contributed by atoms with E-state index in [0.717, 1.165) is 5.56 Å². The molecule has 0 saturated carbocycles. The number of nitrogens with zero attached hydrogens (tertiary/aromatic N) is 2. The number of sulfonamides is 1. The van der Waals surface area contributed by atoms with Crippen molar-refractivity contribution in [3.63, 3.8) is 0 Å². The molecule has 0 aliphatic carbocycles. The Morgan fingerprint density at radius 3 is 2.07 bits per heavy atom. The fourth-order valence-corrected chi connectivity index (χ4v) is 4.76. The van der Waals surface area contributed by atoms with E-state index in [-0.39, 0.29) is 23.9 Å². The summed E-state index contributed by atoms with van der Waals surface area (Å²) in [5.74, 6) is 1.19. The van der Waals surface area contributed by atoms with E-state index < -0.39 is 16.1 Å². The van der Waals surface area contributed by atoms with Crippen LogP contribution in [0.3, 0.4) is 0 Å². The lowest BCUT2D eigenvalue weighted by molar-refractivity contribution is -0.140. The van der Waals surface area contributed by atoms with Gasteiger partial charge in [0.1, 0.15) is 11.5 Å². The van der Waals surface area contributed by atoms with Crippen LogP contribution in [0.25, 0.3) is 0 Å². The normalized spacial score (nSPS) is 16.2. The van der Waals surface area contributed by atoms with Gasteiger partial charge in [0.2, 0.25) is 10.0 Å². The van der Waals surface area contributed by atoms with Gasteiger partial charge < -0.3 is 14.4 Å². The van der Waals surface area contributed by atoms with E-state index in [1.807, 2.05) is 13.8 Å². The van der Waals surface area contributed by atoms with Crippen LogP contribution >= 0.6 is 0 Å². The maximum absolute atomic E-state index is 12.9. The molecule has 1 aliphatic rings. The molecule has 0 aromatic heterocycles. The van der Waals surface area contributed by atoms with Crippen LogP contribution < -0.4 is 9.47 Å². The van der Waals surface area contributed by atoms with Gasteiger partial charge in [-0.3, -0.25) is 4.79 Å². The summed E-state index contributed by atoms with van der Waals surface area (Å²) >= 11 is 0. The summed E-state index contributed by atoms with van der Waals surface area (Å²) in [6.45, 7) is 5.02. The number of hydrogen-bond donors (Lipinski definition) is 0. The molecule has 1 aliphatic heterocycles. The molecule has 1 fully saturated rings. The number of methoxy groups -OCH3 is 1. The van der Waals surface area contributed by atoms with Crippen LogP contribution in [0, 0.1) is 6.92 Å². The van der Waals surface area contributed by atoms with E-state index in [2.05, 4.69) is 0 Å². The second-order valence-corrected chi connectivity index (χ2v) is 9.17. The summed E-state index contributed by atoms with van der Waals surface area (Å²) in [7, 11) is -1.97. The van der Waals surface area contributed by atoms with Crippen LogP contribution in [-0.4, -0.2) is 62.9 Å². The molecule has 0 N–H and O–H groups in total. The van der Waals surface area contributed by atoms with Gasteiger partial charge in [0.25, 0.3) is 5.91 Å². The Hall–Kier alpha value is -2.58. The summed E-state index contributed by atoms with van der Waals surface area (Å²) < 4.78 is 38.1. The lowest BCUT2D eigenvalue weighted by Crippen LogP contribution is -2.53. The van der Waals surface area contributed by atoms with E-state index in [4.69, 9.17) is 9.47 Å². The van der Waals surface area contributed by atoms with Crippen molar-refractivity contribution < 1.29 is 22.7 Å². The van der Waals surface area contributed by atoms with E-state index in [1.165, 1.54) is 4.31 Å². The summed E-state index contributed by atoms with van der Waals surface area (Å²) in [5.41, 5.74) is 1.01. The third kappa shape index (κ3) is 4.94. The molecule has 7 nitrogen and oxygen atoms in total. The minimum atomic E-state index is -3.56. The lowest BCUT2D eigenvalue weighted by Gasteiger charge is -2.35. The van der Waals surface area contributed by atoms with Crippen molar-refractivity contribution in [1.29, 1.82) is 0 Å². The molecule has 3 rings (SSSR count). The van der Waals surface area contributed by atoms with Crippen molar-refractivity contribution in [2.75, 3.05) is 33.3 Å². The van der Waals surface area contributed by atoms with Gasteiger partial charge in [0.05, 0.1) is 12.0 Å². The highest BCUT2D eigenvalue weighted by molar-refractivity contribution is 7.89. The van der Waals surface area contributed by atoms with Crippen molar-refractivity contribution in [3.8, 4) is 11.5 Å². The maximum Gasteiger partial charge on any atom is 0.263 e. The van der Waals surface area contributed by atoms with Crippen molar-refractivity contribution in [1.82, 2.24) is 9.21 Å². The van der Waals surface area contributed by atoms with E-state index >= 15 is 0 Å². The molecule has 8 heteroatoms. The maximum atomic E-state index is 12.9. The molecule has 0 unspecified atom stereocenters. The fraction of sp³-hybridized carbons (Fsp3) is 0.409. The minimum Gasteiger partial charge on any atom is -0.497 e. The molecular formula is C22H28N2O5S. The largest absolute Gasteiger partial charge is 0.497 e. The molecule has 0 bridgehead atoms. The number of rotatable bonds is 7. The molecule has 1 saturated heterocycles. The average molecular weight is 433 g/mol. The van der Waals surface area contributed by atoms with Gasteiger partial charge in [-0.05, 0) is 49.7 Å². The van der Waals surface area contributed by atoms with Crippen molar-refractivity contribution in [2.24, 2.45) is 0 Å². The standard InChI is InChI=1S/C22H28N2O5S/c1-4-21(29-19-9-7-18(28-3)8-10-19)22(25)23-13-15-24(16-14-23)30(26,27)20-11-5-17(2)6-12-20/h5-12,21H,4,13-16H2,1-3H3/t21-/m1/s1. The third-order valence-electron chi connectivity index (χ3n) is 5.19. The van der Waals surface area contributed by atoms with Gasteiger partial charge in [-0.15, -0.1) is 0 Å². The number of hydrogen-bond acceptors (Lipinski definition) is 5. The first-order chi connectivity index (χ1) is 14.3.